The fourth-order valence-electron chi connectivity index (χ4n) is 1.85. The van der Waals surface area contributed by atoms with Gasteiger partial charge in [0.25, 0.3) is 0 Å². The van der Waals surface area contributed by atoms with Crippen LogP contribution in [0.5, 0.6) is 0 Å². The number of urea groups is 1. The fourth-order valence-corrected chi connectivity index (χ4v) is 1.85. The van der Waals surface area contributed by atoms with Gasteiger partial charge in [-0.25, -0.2) is 4.79 Å². The minimum absolute atomic E-state index is 0.287. The molecule has 1 N–H and O–H groups in total. The molecule has 1 rings (SSSR count). The van der Waals surface area contributed by atoms with E-state index in [0.29, 0.717) is 18.5 Å². The van der Waals surface area contributed by atoms with Crippen LogP contribution in [0.1, 0.15) is 34.1 Å². The zero-order valence-electron chi connectivity index (χ0n) is 9.82. The normalized spacial score (nSPS) is 16.4. The van der Waals surface area contributed by atoms with Crippen LogP contribution in [-0.4, -0.2) is 28.9 Å². The van der Waals surface area contributed by atoms with E-state index in [1.54, 1.807) is 6.20 Å². The van der Waals surface area contributed by atoms with E-state index in [1.807, 2.05) is 6.08 Å². The first-order valence-corrected chi connectivity index (χ1v) is 5.33. The number of rotatable bonds is 2. The molecule has 0 unspecified atom stereocenters. The number of hydrogen-bond acceptors (Lipinski definition) is 2. The molecule has 1 aliphatic heterocycles. The second-order valence-corrected chi connectivity index (χ2v) is 4.18. The van der Waals surface area contributed by atoms with Crippen LogP contribution in [0.25, 0.3) is 0 Å². The second-order valence-electron chi connectivity index (χ2n) is 4.18. The summed E-state index contributed by atoms with van der Waals surface area (Å²) in [6.07, 6.45) is 4.27. The van der Waals surface area contributed by atoms with Crippen molar-refractivity contribution in [3.63, 3.8) is 0 Å². The zero-order valence-corrected chi connectivity index (χ0v) is 9.82. The maximum atomic E-state index is 11.3. The van der Waals surface area contributed by atoms with Gasteiger partial charge in [0.15, 0.2) is 0 Å². The van der Waals surface area contributed by atoms with Gasteiger partial charge in [-0.2, -0.15) is 4.99 Å². The molecule has 1 heterocycles. The Kier molecular flexibility index (Phi) is 3.88. The molecule has 0 aromatic carbocycles. The Morgan fingerprint density at radius 2 is 1.93 bits per heavy atom. The van der Waals surface area contributed by atoms with E-state index in [-0.39, 0.29) is 6.03 Å². The highest BCUT2D eigenvalue weighted by Gasteiger charge is 2.19. The van der Waals surface area contributed by atoms with Gasteiger partial charge >= 0.3 is 6.03 Å². The average molecular weight is 209 g/mol. The first kappa shape index (κ1) is 11.8. The van der Waals surface area contributed by atoms with Gasteiger partial charge in [0.2, 0.25) is 0 Å². The Balaban J connectivity index is 2.91. The van der Waals surface area contributed by atoms with Gasteiger partial charge in [-0.3, -0.25) is 0 Å². The lowest BCUT2D eigenvalue weighted by Crippen LogP contribution is -2.42. The van der Waals surface area contributed by atoms with Crippen LogP contribution in [0, 0.1) is 0 Å². The standard InChI is InChI=1S/C11H19N3O/c1-8(2)14(9(3)4)10-6-5-7-12-11(15)13-10/h5,7-9H,6H2,1-4H3,(H,12,15). The maximum Gasteiger partial charge on any atom is 0.346 e. The number of amidine groups is 1. The van der Waals surface area contributed by atoms with E-state index in [2.05, 4.69) is 42.9 Å². The highest BCUT2D eigenvalue weighted by molar-refractivity contribution is 5.96. The molecule has 0 radical (unpaired) electrons. The zero-order chi connectivity index (χ0) is 11.4. The van der Waals surface area contributed by atoms with Gasteiger partial charge in [-0.15, -0.1) is 0 Å². The molecule has 2 amide bonds. The summed E-state index contributed by atoms with van der Waals surface area (Å²) in [4.78, 5) is 17.5. The van der Waals surface area contributed by atoms with Crippen molar-refractivity contribution in [1.29, 1.82) is 0 Å². The number of carbonyl (C=O) groups is 1. The molecular weight excluding hydrogens is 190 g/mol. The summed E-state index contributed by atoms with van der Waals surface area (Å²) in [5.74, 6) is 0.839. The first-order valence-electron chi connectivity index (χ1n) is 5.33. The van der Waals surface area contributed by atoms with Crippen LogP contribution in [0.3, 0.4) is 0 Å². The topological polar surface area (TPSA) is 44.7 Å². The molecule has 4 nitrogen and oxygen atoms in total. The Hall–Kier alpha value is -1.32. The predicted octanol–water partition coefficient (Wildman–Crippen LogP) is 2.13. The largest absolute Gasteiger partial charge is 0.355 e. The molecule has 0 aromatic heterocycles. The molecule has 0 fully saturated rings. The molecule has 84 valence electrons. The Labute approximate surface area is 91.1 Å². The van der Waals surface area contributed by atoms with Crippen molar-refractivity contribution in [2.45, 2.75) is 46.2 Å². The molecule has 0 aliphatic carbocycles. The quantitative estimate of drug-likeness (QED) is 0.757. The molecule has 0 spiro atoms. The number of carbonyl (C=O) groups excluding carboxylic acids is 1. The van der Waals surface area contributed by atoms with Crippen molar-refractivity contribution in [3.8, 4) is 0 Å². The lowest BCUT2D eigenvalue weighted by Gasteiger charge is -2.33. The third kappa shape index (κ3) is 3.08. The van der Waals surface area contributed by atoms with Crippen LogP contribution in [0.2, 0.25) is 0 Å². The fraction of sp³-hybridized carbons (Fsp3) is 0.636. The van der Waals surface area contributed by atoms with E-state index >= 15 is 0 Å². The van der Waals surface area contributed by atoms with Crippen LogP contribution in [0.4, 0.5) is 4.79 Å². The van der Waals surface area contributed by atoms with Crippen LogP contribution >= 0.6 is 0 Å². The summed E-state index contributed by atoms with van der Waals surface area (Å²) in [6.45, 7) is 8.42. The van der Waals surface area contributed by atoms with E-state index in [1.165, 1.54) is 0 Å². The summed E-state index contributed by atoms with van der Waals surface area (Å²) < 4.78 is 0. The molecule has 0 aromatic rings. The Bertz CT molecular complexity index is 284. The predicted molar refractivity (Wildman–Crippen MR) is 61.8 cm³/mol. The summed E-state index contributed by atoms with van der Waals surface area (Å²) in [5, 5.41) is 2.57. The number of hydrogen-bond donors (Lipinski definition) is 1. The highest BCUT2D eigenvalue weighted by Crippen LogP contribution is 2.10. The van der Waals surface area contributed by atoms with Crippen LogP contribution in [0.15, 0.2) is 17.3 Å². The van der Waals surface area contributed by atoms with Gasteiger partial charge < -0.3 is 10.2 Å². The monoisotopic (exact) mass is 209 g/mol. The van der Waals surface area contributed by atoms with Gasteiger partial charge in [0.1, 0.15) is 5.84 Å². The van der Waals surface area contributed by atoms with Crippen LogP contribution < -0.4 is 5.32 Å². The SMILES string of the molecule is CC(C)N(C1=NC(=O)NC=CC1)C(C)C. The van der Waals surface area contributed by atoms with Crippen molar-refractivity contribution < 1.29 is 4.79 Å². The Morgan fingerprint density at radius 3 is 2.47 bits per heavy atom. The molecule has 0 bridgehead atoms. The third-order valence-electron chi connectivity index (χ3n) is 2.27. The number of nitrogens with zero attached hydrogens (tertiary/aromatic N) is 2. The maximum absolute atomic E-state index is 11.3. The average Bonchev–Trinajstić information content (AvgIpc) is 2.28. The molecule has 0 saturated heterocycles. The second kappa shape index (κ2) is 4.96. The Morgan fingerprint density at radius 1 is 1.33 bits per heavy atom. The van der Waals surface area contributed by atoms with Gasteiger partial charge in [-0.05, 0) is 27.7 Å². The van der Waals surface area contributed by atoms with Crippen LogP contribution in [-0.2, 0) is 0 Å². The molecule has 15 heavy (non-hydrogen) atoms. The minimum atomic E-state index is -0.287. The van der Waals surface area contributed by atoms with Gasteiger partial charge in [0.05, 0.1) is 0 Å². The molecule has 1 aliphatic rings. The van der Waals surface area contributed by atoms with E-state index < -0.39 is 0 Å². The lowest BCUT2D eigenvalue weighted by molar-refractivity contribution is 0.250. The lowest BCUT2D eigenvalue weighted by atomic mass is 10.2. The van der Waals surface area contributed by atoms with Gasteiger partial charge in [-0.1, -0.05) is 6.08 Å². The van der Waals surface area contributed by atoms with Crippen molar-refractivity contribution in [2.75, 3.05) is 0 Å². The number of amides is 2. The van der Waals surface area contributed by atoms with Crippen molar-refractivity contribution >= 4 is 11.9 Å². The number of nitrogens with one attached hydrogen (secondary N) is 1. The summed E-state index contributed by atoms with van der Waals surface area (Å²) >= 11 is 0. The van der Waals surface area contributed by atoms with E-state index in [9.17, 15) is 4.79 Å². The third-order valence-corrected chi connectivity index (χ3v) is 2.27. The molecular formula is C11H19N3O. The smallest absolute Gasteiger partial charge is 0.346 e. The summed E-state index contributed by atoms with van der Waals surface area (Å²) in [5.41, 5.74) is 0. The van der Waals surface area contributed by atoms with Crippen molar-refractivity contribution in [1.82, 2.24) is 10.2 Å². The molecule has 0 atom stereocenters. The summed E-state index contributed by atoms with van der Waals surface area (Å²) in [6, 6.07) is 0.413. The summed E-state index contributed by atoms with van der Waals surface area (Å²) in [7, 11) is 0. The minimum Gasteiger partial charge on any atom is -0.355 e. The van der Waals surface area contributed by atoms with Crippen molar-refractivity contribution in [3.05, 3.63) is 12.3 Å². The number of aliphatic imine (C=N–C) groups is 1. The highest BCUT2D eigenvalue weighted by atomic mass is 16.2. The van der Waals surface area contributed by atoms with E-state index in [4.69, 9.17) is 0 Å². The molecule has 0 saturated carbocycles. The molecule has 4 heteroatoms. The van der Waals surface area contributed by atoms with Gasteiger partial charge in [0, 0.05) is 24.7 Å². The van der Waals surface area contributed by atoms with Crippen molar-refractivity contribution in [2.24, 2.45) is 4.99 Å². The van der Waals surface area contributed by atoms with E-state index in [0.717, 1.165) is 5.84 Å². The first-order chi connectivity index (χ1) is 7.02.